The molecule has 1 aliphatic rings. The molecular weight excluding hydrogens is 206 g/mol. The first kappa shape index (κ1) is 10.9. The number of nitrogens with two attached hydrogens (primary N) is 1. The van der Waals surface area contributed by atoms with Gasteiger partial charge in [0.15, 0.2) is 5.75 Å². The van der Waals surface area contributed by atoms with E-state index in [4.69, 9.17) is 10.5 Å². The maximum Gasteiger partial charge on any atom is 0.415 e. The predicted molar refractivity (Wildman–Crippen MR) is 59.0 cm³/mol. The number of aromatic nitrogens is 1. The fourth-order valence-corrected chi connectivity index (χ4v) is 1.76. The van der Waals surface area contributed by atoms with Gasteiger partial charge in [-0.05, 0) is 31.0 Å². The summed E-state index contributed by atoms with van der Waals surface area (Å²) in [6.07, 6.45) is 3.80. The molecule has 1 atom stereocenters. The summed E-state index contributed by atoms with van der Waals surface area (Å²) >= 11 is 0. The van der Waals surface area contributed by atoms with Gasteiger partial charge in [0.2, 0.25) is 0 Å². The molecule has 1 fully saturated rings. The van der Waals surface area contributed by atoms with Crippen molar-refractivity contribution in [2.45, 2.75) is 6.42 Å². The van der Waals surface area contributed by atoms with Gasteiger partial charge in [0.25, 0.3) is 0 Å². The van der Waals surface area contributed by atoms with Crippen LogP contribution in [0, 0.1) is 5.92 Å². The number of amides is 1. The first-order valence-electron chi connectivity index (χ1n) is 5.36. The van der Waals surface area contributed by atoms with E-state index in [-0.39, 0.29) is 6.09 Å². The van der Waals surface area contributed by atoms with Crippen LogP contribution in [-0.4, -0.2) is 35.6 Å². The van der Waals surface area contributed by atoms with Crippen molar-refractivity contribution in [3.05, 3.63) is 24.5 Å². The monoisotopic (exact) mass is 221 g/mol. The van der Waals surface area contributed by atoms with Crippen LogP contribution in [0.15, 0.2) is 24.5 Å². The molecular formula is C11H15N3O2. The Labute approximate surface area is 94.2 Å². The summed E-state index contributed by atoms with van der Waals surface area (Å²) in [6.45, 7) is 2.03. The average molecular weight is 221 g/mol. The molecule has 86 valence electrons. The maximum atomic E-state index is 11.7. The van der Waals surface area contributed by atoms with E-state index >= 15 is 0 Å². The van der Waals surface area contributed by atoms with Crippen LogP contribution in [0.2, 0.25) is 0 Å². The van der Waals surface area contributed by atoms with Gasteiger partial charge in [-0.3, -0.25) is 4.98 Å². The highest BCUT2D eigenvalue weighted by Gasteiger charge is 2.26. The van der Waals surface area contributed by atoms with E-state index < -0.39 is 0 Å². The first-order valence-corrected chi connectivity index (χ1v) is 5.36. The fourth-order valence-electron chi connectivity index (χ4n) is 1.76. The number of rotatable bonds is 2. The molecule has 0 spiro atoms. The Kier molecular flexibility index (Phi) is 3.36. The molecule has 0 saturated carbocycles. The number of hydrogen-bond donors (Lipinski definition) is 1. The van der Waals surface area contributed by atoms with Gasteiger partial charge in [-0.25, -0.2) is 4.79 Å². The van der Waals surface area contributed by atoms with Gasteiger partial charge in [-0.15, -0.1) is 0 Å². The minimum Gasteiger partial charge on any atom is -0.409 e. The minimum absolute atomic E-state index is 0.316. The van der Waals surface area contributed by atoms with Crippen molar-refractivity contribution in [2.24, 2.45) is 11.7 Å². The van der Waals surface area contributed by atoms with E-state index in [0.29, 0.717) is 24.8 Å². The Morgan fingerprint density at radius 1 is 1.69 bits per heavy atom. The van der Waals surface area contributed by atoms with Crippen molar-refractivity contribution < 1.29 is 9.53 Å². The normalized spacial score (nSPS) is 19.8. The molecule has 0 radical (unpaired) electrons. The summed E-state index contributed by atoms with van der Waals surface area (Å²) in [5, 5.41) is 0. The summed E-state index contributed by atoms with van der Waals surface area (Å²) in [7, 11) is 0. The van der Waals surface area contributed by atoms with Gasteiger partial charge < -0.3 is 15.4 Å². The Bertz CT molecular complexity index is 356. The Morgan fingerprint density at radius 3 is 3.19 bits per heavy atom. The van der Waals surface area contributed by atoms with Gasteiger partial charge in [0.1, 0.15) is 0 Å². The smallest absolute Gasteiger partial charge is 0.409 e. The molecule has 1 unspecified atom stereocenters. The Balaban J connectivity index is 1.90. The number of carbonyl (C=O) groups is 1. The van der Waals surface area contributed by atoms with Crippen LogP contribution in [0.25, 0.3) is 0 Å². The molecule has 2 heterocycles. The second kappa shape index (κ2) is 4.94. The summed E-state index contributed by atoms with van der Waals surface area (Å²) in [5.41, 5.74) is 5.56. The lowest BCUT2D eigenvalue weighted by Crippen LogP contribution is -2.32. The van der Waals surface area contributed by atoms with Crippen LogP contribution >= 0.6 is 0 Å². The molecule has 5 heteroatoms. The lowest BCUT2D eigenvalue weighted by Gasteiger charge is -2.15. The van der Waals surface area contributed by atoms with E-state index in [1.165, 1.54) is 6.20 Å². The minimum atomic E-state index is -0.316. The van der Waals surface area contributed by atoms with Crippen LogP contribution in [0.1, 0.15) is 6.42 Å². The van der Waals surface area contributed by atoms with Crippen LogP contribution < -0.4 is 10.5 Å². The first-order chi connectivity index (χ1) is 7.79. The predicted octanol–water partition coefficient (Wildman–Crippen LogP) is 0.861. The van der Waals surface area contributed by atoms with Crippen molar-refractivity contribution in [3.8, 4) is 5.75 Å². The quantitative estimate of drug-likeness (QED) is 0.804. The molecule has 1 aromatic heterocycles. The van der Waals surface area contributed by atoms with Gasteiger partial charge in [-0.2, -0.15) is 0 Å². The van der Waals surface area contributed by atoms with Crippen LogP contribution in [0.3, 0.4) is 0 Å². The summed E-state index contributed by atoms with van der Waals surface area (Å²) in [5.74, 6) is 0.880. The van der Waals surface area contributed by atoms with Crippen molar-refractivity contribution >= 4 is 6.09 Å². The van der Waals surface area contributed by atoms with Gasteiger partial charge in [0.05, 0.1) is 6.20 Å². The van der Waals surface area contributed by atoms with Crippen molar-refractivity contribution in [1.82, 2.24) is 9.88 Å². The molecule has 1 saturated heterocycles. The average Bonchev–Trinajstić information content (AvgIpc) is 2.79. The molecule has 0 bridgehead atoms. The highest BCUT2D eigenvalue weighted by Crippen LogP contribution is 2.17. The second-order valence-electron chi connectivity index (χ2n) is 3.89. The number of ether oxygens (including phenoxy) is 1. The molecule has 16 heavy (non-hydrogen) atoms. The molecule has 5 nitrogen and oxygen atoms in total. The van der Waals surface area contributed by atoms with E-state index in [2.05, 4.69) is 4.98 Å². The van der Waals surface area contributed by atoms with Gasteiger partial charge in [0, 0.05) is 19.3 Å². The standard InChI is InChI=1S/C11H15N3O2/c12-6-9-3-5-14(8-9)11(15)16-10-2-1-4-13-7-10/h1-2,4,7,9H,3,5-6,8,12H2. The van der Waals surface area contributed by atoms with Gasteiger partial charge >= 0.3 is 6.09 Å². The molecule has 1 amide bonds. The lowest BCUT2D eigenvalue weighted by atomic mass is 10.1. The van der Waals surface area contributed by atoms with E-state index in [1.807, 2.05) is 0 Å². The zero-order chi connectivity index (χ0) is 11.4. The zero-order valence-corrected chi connectivity index (χ0v) is 9.00. The van der Waals surface area contributed by atoms with Crippen LogP contribution in [-0.2, 0) is 0 Å². The Morgan fingerprint density at radius 2 is 2.56 bits per heavy atom. The number of pyridine rings is 1. The van der Waals surface area contributed by atoms with Crippen molar-refractivity contribution in [3.63, 3.8) is 0 Å². The van der Waals surface area contributed by atoms with Gasteiger partial charge in [-0.1, -0.05) is 0 Å². The molecule has 1 aromatic rings. The summed E-state index contributed by atoms with van der Waals surface area (Å²) < 4.78 is 5.17. The topological polar surface area (TPSA) is 68.5 Å². The molecule has 0 aliphatic carbocycles. The lowest BCUT2D eigenvalue weighted by molar-refractivity contribution is 0.161. The highest BCUT2D eigenvalue weighted by molar-refractivity contribution is 5.70. The fraction of sp³-hybridized carbons (Fsp3) is 0.455. The van der Waals surface area contributed by atoms with E-state index in [0.717, 1.165) is 13.0 Å². The van der Waals surface area contributed by atoms with E-state index in [9.17, 15) is 4.79 Å². The SMILES string of the molecule is NCC1CCN(C(=O)Oc2cccnc2)C1. The zero-order valence-electron chi connectivity index (χ0n) is 9.00. The third-order valence-corrected chi connectivity index (χ3v) is 2.72. The second-order valence-corrected chi connectivity index (χ2v) is 3.89. The van der Waals surface area contributed by atoms with E-state index in [1.54, 1.807) is 23.2 Å². The number of nitrogens with zero attached hydrogens (tertiary/aromatic N) is 2. The molecule has 2 N–H and O–H groups in total. The molecule has 1 aliphatic heterocycles. The molecule has 2 rings (SSSR count). The number of hydrogen-bond acceptors (Lipinski definition) is 4. The van der Waals surface area contributed by atoms with Crippen LogP contribution in [0.5, 0.6) is 5.75 Å². The summed E-state index contributed by atoms with van der Waals surface area (Å²) in [6, 6.07) is 3.44. The van der Waals surface area contributed by atoms with Crippen molar-refractivity contribution in [2.75, 3.05) is 19.6 Å². The summed E-state index contributed by atoms with van der Waals surface area (Å²) in [4.78, 5) is 17.3. The number of carbonyl (C=O) groups excluding carboxylic acids is 1. The maximum absolute atomic E-state index is 11.7. The molecule has 0 aromatic carbocycles. The number of likely N-dealkylation sites (tertiary alicyclic amines) is 1. The highest BCUT2D eigenvalue weighted by atomic mass is 16.6. The largest absolute Gasteiger partial charge is 0.415 e. The van der Waals surface area contributed by atoms with Crippen molar-refractivity contribution in [1.29, 1.82) is 0 Å². The third kappa shape index (κ3) is 2.49. The van der Waals surface area contributed by atoms with Crippen LogP contribution in [0.4, 0.5) is 4.79 Å². The third-order valence-electron chi connectivity index (χ3n) is 2.72. The Hall–Kier alpha value is -1.62.